The molecule has 0 aliphatic rings. The van der Waals surface area contributed by atoms with Crippen molar-refractivity contribution in [3.05, 3.63) is 34.9 Å². The largest absolute Gasteiger partial charge is 0.382 e. The van der Waals surface area contributed by atoms with Gasteiger partial charge in [-0.05, 0) is 19.1 Å². The number of halogens is 1. The van der Waals surface area contributed by atoms with Gasteiger partial charge in [0.2, 0.25) is 0 Å². The van der Waals surface area contributed by atoms with E-state index in [1.807, 2.05) is 16.1 Å². The van der Waals surface area contributed by atoms with E-state index in [1.165, 1.54) is 0 Å². The first-order valence-corrected chi connectivity index (χ1v) is 10.9. The lowest BCUT2D eigenvalue weighted by molar-refractivity contribution is -0.676. The third kappa shape index (κ3) is 3.83. The Labute approximate surface area is 172 Å². The Morgan fingerprint density at radius 1 is 1.28 bits per heavy atom. The molecule has 5 N–H and O–H groups in total. The number of sulfone groups is 1. The second-order valence-corrected chi connectivity index (χ2v) is 8.83. The fourth-order valence-corrected chi connectivity index (χ4v) is 3.88. The van der Waals surface area contributed by atoms with Crippen LogP contribution in [0.1, 0.15) is 23.2 Å². The second kappa shape index (κ2) is 7.48. The number of nitrogens with two attached hydrogens (primary N) is 2. The van der Waals surface area contributed by atoms with Gasteiger partial charge in [-0.1, -0.05) is 11.6 Å². The van der Waals surface area contributed by atoms with Crippen LogP contribution in [0.15, 0.2) is 23.1 Å². The minimum atomic E-state index is -3.34. The number of aryl methyl sites for hydroxylation is 2. The van der Waals surface area contributed by atoms with E-state index in [2.05, 4.69) is 15.3 Å². The fraction of sp³-hybridized carbons (Fsp3) is 0.294. The van der Waals surface area contributed by atoms with Gasteiger partial charge >= 0.3 is 0 Å². The van der Waals surface area contributed by atoms with Crippen molar-refractivity contribution in [2.75, 3.05) is 17.7 Å². The summed E-state index contributed by atoms with van der Waals surface area (Å²) < 4.78 is 27.6. The summed E-state index contributed by atoms with van der Waals surface area (Å²) in [4.78, 5) is 20.4. The number of hydrogen-bond acceptors (Lipinski definition) is 7. The predicted octanol–water partition coefficient (Wildman–Crippen LogP) is 0.427. The lowest BCUT2D eigenvalue weighted by Gasteiger charge is -2.07. The molecule has 1 amide bonds. The summed E-state index contributed by atoms with van der Waals surface area (Å²) >= 11 is 5.83. The number of imidazole rings is 1. The van der Waals surface area contributed by atoms with Crippen LogP contribution >= 0.6 is 11.6 Å². The summed E-state index contributed by atoms with van der Waals surface area (Å²) in [6.45, 7) is 2.73. The van der Waals surface area contributed by atoms with Crippen LogP contribution in [0.4, 0.5) is 11.6 Å². The third-order valence-electron chi connectivity index (χ3n) is 4.57. The average molecular weight is 439 g/mol. The topological polar surface area (TPSA) is 150 Å². The standard InChI is InChI=1S/C17H20ClN7O3S/c1-4-25-10-6-5-9(29(3,27)28)7-11(10)24(2)12(25)8-21-17(26)13-15(19)23-16(20)14(18)22-13/h5-7H,4,8H2,1-3H3,(H4-,19,20,21,23,26)/p+1. The van der Waals surface area contributed by atoms with E-state index in [-0.39, 0.29) is 33.9 Å². The van der Waals surface area contributed by atoms with Crippen LogP contribution in [-0.2, 0) is 30.0 Å². The molecule has 12 heteroatoms. The highest BCUT2D eigenvalue weighted by atomic mass is 35.5. The fourth-order valence-electron chi connectivity index (χ4n) is 3.11. The van der Waals surface area contributed by atoms with Crippen LogP contribution in [0.25, 0.3) is 11.0 Å². The Morgan fingerprint density at radius 3 is 2.59 bits per heavy atom. The molecular weight excluding hydrogens is 418 g/mol. The molecule has 3 rings (SSSR count). The summed E-state index contributed by atoms with van der Waals surface area (Å²) in [6, 6.07) is 4.94. The smallest absolute Gasteiger partial charge is 0.276 e. The van der Waals surface area contributed by atoms with Crippen LogP contribution in [0, 0.1) is 0 Å². The maximum Gasteiger partial charge on any atom is 0.276 e. The van der Waals surface area contributed by atoms with Gasteiger partial charge in [-0.15, -0.1) is 0 Å². The number of benzene rings is 1. The maximum absolute atomic E-state index is 12.5. The maximum atomic E-state index is 12.5. The molecule has 3 aromatic rings. The van der Waals surface area contributed by atoms with Crippen LogP contribution in [0.5, 0.6) is 0 Å². The number of carbonyl (C=O) groups excluding carboxylic acids is 1. The summed E-state index contributed by atoms with van der Waals surface area (Å²) in [5.74, 6) is 0.0266. The highest BCUT2D eigenvalue weighted by molar-refractivity contribution is 7.90. The van der Waals surface area contributed by atoms with Crippen LogP contribution in [0.3, 0.4) is 0 Å². The minimum Gasteiger partial charge on any atom is -0.382 e. The number of nitrogen functional groups attached to an aromatic ring is 2. The number of aromatic nitrogens is 4. The molecule has 0 fully saturated rings. The molecule has 29 heavy (non-hydrogen) atoms. The number of rotatable bonds is 5. The van der Waals surface area contributed by atoms with Gasteiger partial charge in [0.15, 0.2) is 43.4 Å². The predicted molar refractivity (Wildman–Crippen MR) is 109 cm³/mol. The van der Waals surface area contributed by atoms with Gasteiger partial charge in [-0.2, -0.15) is 0 Å². The molecule has 10 nitrogen and oxygen atoms in total. The lowest BCUT2D eigenvalue weighted by Crippen LogP contribution is -2.40. The number of nitrogens with zero attached hydrogens (tertiary/aromatic N) is 4. The zero-order chi connectivity index (χ0) is 21.5. The zero-order valence-corrected chi connectivity index (χ0v) is 17.7. The van der Waals surface area contributed by atoms with Gasteiger partial charge in [0.25, 0.3) is 11.7 Å². The van der Waals surface area contributed by atoms with Crippen molar-refractivity contribution in [3.8, 4) is 0 Å². The Kier molecular flexibility index (Phi) is 5.37. The van der Waals surface area contributed by atoms with Crippen molar-refractivity contribution in [1.29, 1.82) is 0 Å². The number of anilines is 2. The molecule has 154 valence electrons. The molecule has 0 aliphatic carbocycles. The monoisotopic (exact) mass is 438 g/mol. The zero-order valence-electron chi connectivity index (χ0n) is 16.1. The average Bonchev–Trinajstić information content (AvgIpc) is 2.92. The van der Waals surface area contributed by atoms with Crippen molar-refractivity contribution >= 4 is 50.0 Å². The Hall–Kier alpha value is -2.92. The molecular formula is C17H21ClN7O3S+. The Balaban J connectivity index is 1.97. The minimum absolute atomic E-state index is 0.0556. The number of nitrogens with one attached hydrogen (secondary N) is 1. The van der Waals surface area contributed by atoms with Crippen LogP contribution in [-0.4, -0.2) is 35.1 Å². The molecule has 0 saturated heterocycles. The number of carbonyl (C=O) groups is 1. The van der Waals surface area contributed by atoms with Gasteiger partial charge in [0, 0.05) is 12.3 Å². The van der Waals surface area contributed by atoms with Crippen LogP contribution < -0.4 is 21.4 Å². The highest BCUT2D eigenvalue weighted by Gasteiger charge is 2.25. The van der Waals surface area contributed by atoms with Gasteiger partial charge in [0.1, 0.15) is 6.54 Å². The highest BCUT2D eigenvalue weighted by Crippen LogP contribution is 2.20. The summed E-state index contributed by atoms with van der Waals surface area (Å²) in [5, 5.41) is 2.64. The summed E-state index contributed by atoms with van der Waals surface area (Å²) in [5.41, 5.74) is 12.7. The molecule has 1 aromatic carbocycles. The molecule has 0 aliphatic heterocycles. The van der Waals surface area contributed by atoms with E-state index < -0.39 is 15.7 Å². The Bertz CT molecular complexity index is 1240. The van der Waals surface area contributed by atoms with E-state index in [4.69, 9.17) is 23.1 Å². The number of amides is 1. The van der Waals surface area contributed by atoms with Crippen molar-refractivity contribution < 1.29 is 17.8 Å². The van der Waals surface area contributed by atoms with E-state index in [0.29, 0.717) is 6.54 Å². The first-order valence-electron chi connectivity index (χ1n) is 8.62. The molecule has 0 unspecified atom stereocenters. The van der Waals surface area contributed by atoms with Crippen molar-refractivity contribution in [1.82, 2.24) is 19.9 Å². The van der Waals surface area contributed by atoms with E-state index in [9.17, 15) is 13.2 Å². The lowest BCUT2D eigenvalue weighted by atomic mass is 10.3. The normalized spacial score (nSPS) is 11.7. The van der Waals surface area contributed by atoms with E-state index >= 15 is 0 Å². The van der Waals surface area contributed by atoms with Crippen molar-refractivity contribution in [2.45, 2.75) is 24.9 Å². The summed E-state index contributed by atoms with van der Waals surface area (Å²) in [6.07, 6.45) is 1.16. The van der Waals surface area contributed by atoms with Crippen molar-refractivity contribution in [3.63, 3.8) is 0 Å². The molecule has 0 saturated carbocycles. The SMILES string of the molecule is CC[n+]1c(CNC(=O)c2nc(Cl)c(N)nc2N)n(C)c2cc(S(C)(=O)=O)ccc21. The van der Waals surface area contributed by atoms with E-state index in [0.717, 1.165) is 23.1 Å². The van der Waals surface area contributed by atoms with Gasteiger partial charge in [-0.25, -0.2) is 27.5 Å². The van der Waals surface area contributed by atoms with Gasteiger partial charge in [0.05, 0.1) is 18.5 Å². The molecule has 2 aromatic heterocycles. The van der Waals surface area contributed by atoms with Crippen molar-refractivity contribution in [2.24, 2.45) is 7.05 Å². The number of fused-ring (bicyclic) bond motifs is 1. The first kappa shape index (κ1) is 20.8. The third-order valence-corrected chi connectivity index (χ3v) is 5.96. The molecule has 0 radical (unpaired) electrons. The second-order valence-electron chi connectivity index (χ2n) is 6.46. The van der Waals surface area contributed by atoms with Gasteiger partial charge in [-0.3, -0.25) is 4.79 Å². The Morgan fingerprint density at radius 2 is 1.97 bits per heavy atom. The summed E-state index contributed by atoms with van der Waals surface area (Å²) in [7, 11) is -1.54. The van der Waals surface area contributed by atoms with E-state index in [1.54, 1.807) is 25.2 Å². The quantitative estimate of drug-likeness (QED) is 0.488. The first-order chi connectivity index (χ1) is 13.5. The molecule has 0 spiro atoms. The number of hydrogen-bond donors (Lipinski definition) is 3. The molecule has 0 bridgehead atoms. The molecule has 0 atom stereocenters. The van der Waals surface area contributed by atoms with Gasteiger partial charge < -0.3 is 16.8 Å². The molecule has 2 heterocycles. The van der Waals surface area contributed by atoms with Crippen LogP contribution in [0.2, 0.25) is 5.15 Å².